The Morgan fingerprint density at radius 1 is 0.262 bits per heavy atom. The zero-order valence-electron chi connectivity index (χ0n) is 35.2. The molecule has 4 nitrogen and oxygen atoms in total. The minimum atomic E-state index is 0.615. The number of benzene rings is 11. The highest BCUT2D eigenvalue weighted by atomic mass is 15.0. The highest BCUT2D eigenvalue weighted by molar-refractivity contribution is 6.24. The molecule has 0 saturated heterocycles. The SMILES string of the molecule is c1ccc(-c2cccc(-c3cc(-c4nc(-c5ccccc5)nc(-c5ccc6ccccc6c5)n4)c4ccccc4c3-n3c4cc5ccccc5cc4c4c5ccccc5ccc43)c2)cc1. The minimum Gasteiger partial charge on any atom is -0.308 e. The van der Waals surface area contributed by atoms with Crippen LogP contribution in [0.3, 0.4) is 0 Å². The van der Waals surface area contributed by atoms with Crippen molar-refractivity contribution in [2.75, 3.05) is 0 Å². The molecular formula is C61H38N4. The highest BCUT2D eigenvalue weighted by Gasteiger charge is 2.24. The first kappa shape index (κ1) is 36.9. The Morgan fingerprint density at radius 2 is 0.815 bits per heavy atom. The lowest BCUT2D eigenvalue weighted by molar-refractivity contribution is 1.08. The van der Waals surface area contributed by atoms with E-state index < -0.39 is 0 Å². The standard InChI is InChI=1S/C61H38N4/c1-3-16-39(17-4-1)44-25-15-26-47(34-44)52-38-53(61-63-59(42-20-5-2-6-21-42)62-60(64-61)48-31-30-40-18-7-8-22-43(40)35-48)50-28-13-14-29-51(50)58(52)65-55-33-32-41-19-11-12-27-49(41)57(55)54-36-45-23-9-10-24-46(45)37-56(54)65/h1-38H. The number of hydrogen-bond acceptors (Lipinski definition) is 3. The first-order valence-corrected chi connectivity index (χ1v) is 22.1. The maximum absolute atomic E-state index is 5.39. The number of hydrogen-bond donors (Lipinski definition) is 0. The van der Waals surface area contributed by atoms with Gasteiger partial charge >= 0.3 is 0 Å². The molecule has 4 heteroatoms. The Bertz CT molecular complexity index is 4000. The summed E-state index contributed by atoms with van der Waals surface area (Å²) in [5.74, 6) is 1.87. The summed E-state index contributed by atoms with van der Waals surface area (Å²) in [4.78, 5) is 15.9. The maximum atomic E-state index is 5.39. The molecule has 0 spiro atoms. The zero-order valence-corrected chi connectivity index (χ0v) is 35.2. The Hall–Kier alpha value is -8.73. The summed E-state index contributed by atoms with van der Waals surface area (Å²) in [5, 5.41) is 11.8. The third kappa shape index (κ3) is 6.18. The molecule has 0 aliphatic carbocycles. The van der Waals surface area contributed by atoms with Crippen LogP contribution in [0.2, 0.25) is 0 Å². The van der Waals surface area contributed by atoms with Crippen LogP contribution in [0.1, 0.15) is 0 Å². The normalized spacial score (nSPS) is 11.7. The molecule has 0 aliphatic heterocycles. The van der Waals surface area contributed by atoms with Crippen molar-refractivity contribution in [2.24, 2.45) is 0 Å². The van der Waals surface area contributed by atoms with Crippen molar-refractivity contribution in [3.05, 3.63) is 231 Å². The second kappa shape index (κ2) is 15.0. The van der Waals surface area contributed by atoms with E-state index in [0.717, 1.165) is 71.8 Å². The van der Waals surface area contributed by atoms with Gasteiger partial charge in [0.1, 0.15) is 0 Å². The van der Waals surface area contributed by atoms with Gasteiger partial charge in [0.2, 0.25) is 0 Å². The van der Waals surface area contributed by atoms with Gasteiger partial charge in [-0.05, 0) is 90.8 Å². The quantitative estimate of drug-likeness (QED) is 0.168. The van der Waals surface area contributed by atoms with Crippen molar-refractivity contribution in [3.8, 4) is 62.1 Å². The summed E-state index contributed by atoms with van der Waals surface area (Å²) < 4.78 is 2.52. The minimum absolute atomic E-state index is 0.615. The van der Waals surface area contributed by atoms with E-state index in [1.807, 2.05) is 18.2 Å². The van der Waals surface area contributed by atoms with Gasteiger partial charge in [0, 0.05) is 38.4 Å². The number of nitrogens with zero attached hydrogens (tertiary/aromatic N) is 4. The molecule has 0 saturated carbocycles. The second-order valence-electron chi connectivity index (χ2n) is 16.8. The predicted octanol–water partition coefficient (Wildman–Crippen LogP) is 15.9. The van der Waals surface area contributed by atoms with Crippen molar-refractivity contribution in [1.82, 2.24) is 19.5 Å². The van der Waals surface area contributed by atoms with Gasteiger partial charge in [0.15, 0.2) is 17.5 Å². The molecule has 0 radical (unpaired) electrons. The van der Waals surface area contributed by atoms with Crippen LogP contribution in [-0.4, -0.2) is 19.5 Å². The molecule has 65 heavy (non-hydrogen) atoms. The zero-order chi connectivity index (χ0) is 42.8. The highest BCUT2D eigenvalue weighted by Crippen LogP contribution is 2.46. The van der Waals surface area contributed by atoms with Crippen molar-refractivity contribution >= 4 is 64.9 Å². The van der Waals surface area contributed by atoms with Gasteiger partial charge in [-0.3, -0.25) is 0 Å². The summed E-state index contributed by atoms with van der Waals surface area (Å²) in [5.41, 5.74) is 10.7. The van der Waals surface area contributed by atoms with Gasteiger partial charge in [-0.25, -0.2) is 15.0 Å². The van der Waals surface area contributed by atoms with Crippen LogP contribution in [0.15, 0.2) is 231 Å². The second-order valence-corrected chi connectivity index (χ2v) is 16.8. The van der Waals surface area contributed by atoms with Crippen molar-refractivity contribution in [3.63, 3.8) is 0 Å². The van der Waals surface area contributed by atoms with E-state index in [-0.39, 0.29) is 0 Å². The van der Waals surface area contributed by atoms with Crippen LogP contribution >= 0.6 is 0 Å². The van der Waals surface area contributed by atoms with Crippen LogP contribution in [0, 0.1) is 0 Å². The molecule has 0 fully saturated rings. The fraction of sp³-hybridized carbons (Fsp3) is 0. The topological polar surface area (TPSA) is 43.6 Å². The van der Waals surface area contributed by atoms with E-state index in [0.29, 0.717) is 17.5 Å². The third-order valence-electron chi connectivity index (χ3n) is 13.0. The van der Waals surface area contributed by atoms with Crippen LogP contribution < -0.4 is 0 Å². The summed E-state index contributed by atoms with van der Waals surface area (Å²) in [6.07, 6.45) is 0. The van der Waals surface area contributed by atoms with E-state index in [9.17, 15) is 0 Å². The first-order chi connectivity index (χ1) is 32.2. The van der Waals surface area contributed by atoms with Crippen LogP contribution in [0.25, 0.3) is 127 Å². The average Bonchev–Trinajstić information content (AvgIpc) is 3.70. The van der Waals surface area contributed by atoms with E-state index >= 15 is 0 Å². The van der Waals surface area contributed by atoms with Crippen molar-refractivity contribution in [1.29, 1.82) is 0 Å². The summed E-state index contributed by atoms with van der Waals surface area (Å²) in [7, 11) is 0. The van der Waals surface area contributed by atoms with E-state index in [2.05, 4.69) is 217 Å². The Labute approximate surface area is 375 Å². The molecule has 13 rings (SSSR count). The Balaban J connectivity index is 1.16. The van der Waals surface area contributed by atoms with Gasteiger partial charge in [-0.1, -0.05) is 194 Å². The molecule has 302 valence electrons. The van der Waals surface area contributed by atoms with Gasteiger partial charge in [-0.15, -0.1) is 0 Å². The predicted molar refractivity (Wildman–Crippen MR) is 271 cm³/mol. The van der Waals surface area contributed by atoms with Crippen molar-refractivity contribution in [2.45, 2.75) is 0 Å². The molecule has 0 amide bonds. The lowest BCUT2D eigenvalue weighted by atomic mass is 9.92. The van der Waals surface area contributed by atoms with E-state index in [4.69, 9.17) is 15.0 Å². The molecule has 0 unspecified atom stereocenters. The fourth-order valence-corrected chi connectivity index (χ4v) is 9.89. The van der Waals surface area contributed by atoms with Gasteiger partial charge in [0.25, 0.3) is 0 Å². The van der Waals surface area contributed by atoms with E-state index in [1.54, 1.807) is 0 Å². The number of aromatic nitrogens is 4. The summed E-state index contributed by atoms with van der Waals surface area (Å²) in [6.45, 7) is 0. The fourth-order valence-electron chi connectivity index (χ4n) is 9.89. The van der Waals surface area contributed by atoms with Crippen molar-refractivity contribution < 1.29 is 0 Å². The monoisotopic (exact) mass is 826 g/mol. The number of rotatable bonds is 6. The largest absolute Gasteiger partial charge is 0.308 e. The van der Waals surface area contributed by atoms with Gasteiger partial charge in [-0.2, -0.15) is 0 Å². The Morgan fingerprint density at radius 3 is 1.58 bits per heavy atom. The van der Waals surface area contributed by atoms with Crippen LogP contribution in [0.4, 0.5) is 0 Å². The average molecular weight is 827 g/mol. The molecule has 0 N–H and O–H groups in total. The molecule has 11 aromatic carbocycles. The maximum Gasteiger partial charge on any atom is 0.164 e. The smallest absolute Gasteiger partial charge is 0.164 e. The molecule has 13 aromatic rings. The number of fused-ring (bicyclic) bond motifs is 8. The van der Waals surface area contributed by atoms with Gasteiger partial charge in [0.05, 0.1) is 16.7 Å². The molecular weight excluding hydrogens is 789 g/mol. The van der Waals surface area contributed by atoms with Crippen LogP contribution in [-0.2, 0) is 0 Å². The molecule has 0 bridgehead atoms. The summed E-state index contributed by atoms with van der Waals surface area (Å²) >= 11 is 0. The Kier molecular flexibility index (Phi) is 8.50. The lowest BCUT2D eigenvalue weighted by Gasteiger charge is -2.20. The van der Waals surface area contributed by atoms with E-state index in [1.165, 1.54) is 37.7 Å². The molecule has 2 aromatic heterocycles. The first-order valence-electron chi connectivity index (χ1n) is 22.1. The van der Waals surface area contributed by atoms with Crippen LogP contribution in [0.5, 0.6) is 0 Å². The third-order valence-corrected chi connectivity index (χ3v) is 13.0. The summed E-state index contributed by atoms with van der Waals surface area (Å²) in [6, 6.07) is 82.6. The molecule has 0 atom stereocenters. The molecule has 0 aliphatic rings. The van der Waals surface area contributed by atoms with Gasteiger partial charge < -0.3 is 4.57 Å². The molecule has 2 heterocycles. The lowest BCUT2D eigenvalue weighted by Crippen LogP contribution is -2.03.